The molecule has 1 aliphatic rings. The third-order valence-corrected chi connectivity index (χ3v) is 2.67. The zero-order valence-corrected chi connectivity index (χ0v) is 8.08. The summed E-state index contributed by atoms with van der Waals surface area (Å²) in [4.78, 5) is 14.5. The normalized spacial score (nSPS) is 19.6. The topological polar surface area (TPSA) is 50.2 Å². The molecule has 1 aromatic rings. The van der Waals surface area contributed by atoms with Crippen LogP contribution in [-0.2, 0) is 17.4 Å². The summed E-state index contributed by atoms with van der Waals surface area (Å²) < 4.78 is 37.2. The molecule has 0 saturated carbocycles. The maximum absolute atomic E-state index is 12.4. The maximum Gasteiger partial charge on any atom is 0.417 e. The lowest BCUT2D eigenvalue weighted by Crippen LogP contribution is -2.11. The third-order valence-electron chi connectivity index (χ3n) is 2.67. The van der Waals surface area contributed by atoms with Gasteiger partial charge in [-0.25, -0.2) is 0 Å². The first-order valence-electron chi connectivity index (χ1n) is 4.68. The average Bonchev–Trinajstić information content (AvgIpc) is 2.58. The van der Waals surface area contributed by atoms with E-state index in [2.05, 4.69) is 4.98 Å². The smallest absolute Gasteiger partial charge is 0.417 e. The van der Waals surface area contributed by atoms with Crippen molar-refractivity contribution in [3.63, 3.8) is 0 Å². The highest BCUT2D eigenvalue weighted by molar-refractivity contribution is 5.77. The minimum Gasteiger partial charge on any atom is -0.481 e. The highest BCUT2D eigenvalue weighted by Gasteiger charge is 2.35. The molecule has 6 heteroatoms. The molecule has 0 radical (unpaired) electrons. The second-order valence-electron chi connectivity index (χ2n) is 3.69. The predicted molar refractivity (Wildman–Crippen MR) is 47.9 cm³/mol. The third kappa shape index (κ3) is 1.75. The lowest BCUT2D eigenvalue weighted by molar-refractivity contribution is -0.140. The van der Waals surface area contributed by atoms with Gasteiger partial charge in [0.25, 0.3) is 0 Å². The summed E-state index contributed by atoms with van der Waals surface area (Å²) in [5, 5.41) is 8.84. The molecule has 0 saturated heterocycles. The second-order valence-corrected chi connectivity index (χ2v) is 3.69. The number of rotatable bonds is 1. The highest BCUT2D eigenvalue weighted by atomic mass is 19.4. The Hall–Kier alpha value is -1.59. The first-order valence-corrected chi connectivity index (χ1v) is 4.68. The predicted octanol–water partition coefficient (Wildman–Crippen LogP) is 2.21. The van der Waals surface area contributed by atoms with E-state index in [-0.39, 0.29) is 5.56 Å². The van der Waals surface area contributed by atoms with Crippen molar-refractivity contribution in [1.82, 2.24) is 4.98 Å². The van der Waals surface area contributed by atoms with Gasteiger partial charge in [0.15, 0.2) is 0 Å². The fourth-order valence-corrected chi connectivity index (χ4v) is 1.87. The highest BCUT2D eigenvalue weighted by Crippen LogP contribution is 2.36. The van der Waals surface area contributed by atoms with Gasteiger partial charge in [0, 0.05) is 11.9 Å². The van der Waals surface area contributed by atoms with Crippen molar-refractivity contribution in [2.45, 2.75) is 24.9 Å². The van der Waals surface area contributed by atoms with E-state index in [0.29, 0.717) is 18.5 Å². The van der Waals surface area contributed by atoms with Gasteiger partial charge in [-0.1, -0.05) is 0 Å². The molecule has 1 unspecified atom stereocenters. The van der Waals surface area contributed by atoms with Gasteiger partial charge in [0.2, 0.25) is 0 Å². The monoisotopic (exact) mass is 231 g/mol. The number of nitrogens with zero attached hydrogens (tertiary/aromatic N) is 1. The summed E-state index contributed by atoms with van der Waals surface area (Å²) in [6, 6.07) is 0.897. The van der Waals surface area contributed by atoms with Crippen LogP contribution in [0.2, 0.25) is 0 Å². The van der Waals surface area contributed by atoms with Crippen molar-refractivity contribution in [3.05, 3.63) is 29.1 Å². The van der Waals surface area contributed by atoms with Crippen LogP contribution in [0.1, 0.15) is 29.2 Å². The first-order chi connectivity index (χ1) is 7.39. The van der Waals surface area contributed by atoms with Crippen LogP contribution in [0.4, 0.5) is 13.2 Å². The molecule has 1 atom stereocenters. The molecule has 0 aliphatic heterocycles. The Balaban J connectivity index is 2.45. The number of carboxylic acid groups (broad SMARTS) is 1. The molecule has 0 amide bonds. The number of carbonyl (C=O) groups is 1. The van der Waals surface area contributed by atoms with Crippen molar-refractivity contribution in [1.29, 1.82) is 0 Å². The van der Waals surface area contributed by atoms with Gasteiger partial charge >= 0.3 is 12.1 Å². The minimum atomic E-state index is -4.48. The number of aliphatic carboxylic acids is 1. The van der Waals surface area contributed by atoms with Crippen LogP contribution >= 0.6 is 0 Å². The minimum absolute atomic E-state index is 0.197. The van der Waals surface area contributed by atoms with Gasteiger partial charge in [0.05, 0.1) is 11.5 Å². The van der Waals surface area contributed by atoms with Gasteiger partial charge in [-0.15, -0.1) is 0 Å². The van der Waals surface area contributed by atoms with Crippen LogP contribution in [-0.4, -0.2) is 16.1 Å². The van der Waals surface area contributed by atoms with Gasteiger partial charge in [-0.05, 0) is 24.5 Å². The largest absolute Gasteiger partial charge is 0.481 e. The van der Waals surface area contributed by atoms with E-state index in [0.717, 1.165) is 12.3 Å². The molecule has 86 valence electrons. The quantitative estimate of drug-likeness (QED) is 0.806. The molecular formula is C10H8F3NO2. The summed E-state index contributed by atoms with van der Waals surface area (Å²) in [5.41, 5.74) is -0.234. The molecule has 1 aliphatic carbocycles. The maximum atomic E-state index is 12.4. The number of aromatic nitrogens is 1. The molecule has 0 spiro atoms. The number of alkyl halides is 3. The lowest BCUT2D eigenvalue weighted by Gasteiger charge is -2.10. The summed E-state index contributed by atoms with van der Waals surface area (Å²) in [6.45, 7) is 0. The molecule has 1 N–H and O–H groups in total. The SMILES string of the molecule is O=C(O)C1CCc2ncc(C(F)(F)F)cc21. The lowest BCUT2D eigenvalue weighted by atomic mass is 10.0. The van der Waals surface area contributed by atoms with Gasteiger partial charge in [-0.3, -0.25) is 9.78 Å². The standard InChI is InChI=1S/C10H8F3NO2/c11-10(12,13)5-3-7-6(9(15)16)1-2-8(7)14-4-5/h3-4,6H,1-2H2,(H,15,16). The van der Waals surface area contributed by atoms with Crippen LogP contribution in [0, 0.1) is 0 Å². The van der Waals surface area contributed by atoms with Crippen LogP contribution in [0.3, 0.4) is 0 Å². The average molecular weight is 231 g/mol. The number of fused-ring (bicyclic) bond motifs is 1. The fourth-order valence-electron chi connectivity index (χ4n) is 1.87. The molecular weight excluding hydrogens is 223 g/mol. The Morgan fingerprint density at radius 3 is 2.75 bits per heavy atom. The van der Waals surface area contributed by atoms with E-state index < -0.39 is 23.6 Å². The molecule has 0 aromatic carbocycles. The zero-order valence-electron chi connectivity index (χ0n) is 8.08. The summed E-state index contributed by atoms with van der Waals surface area (Å²) in [6.07, 6.45) is -2.99. The molecule has 0 bridgehead atoms. The van der Waals surface area contributed by atoms with Gasteiger partial charge in [0.1, 0.15) is 0 Å². The fraction of sp³-hybridized carbons (Fsp3) is 0.400. The molecule has 16 heavy (non-hydrogen) atoms. The number of aryl methyl sites for hydroxylation is 1. The Labute approximate surface area is 88.9 Å². The zero-order chi connectivity index (χ0) is 11.9. The number of pyridine rings is 1. The number of hydrogen-bond donors (Lipinski definition) is 1. The van der Waals surface area contributed by atoms with Crippen molar-refractivity contribution >= 4 is 5.97 Å². The van der Waals surface area contributed by atoms with E-state index in [9.17, 15) is 18.0 Å². The van der Waals surface area contributed by atoms with Crippen molar-refractivity contribution in [2.24, 2.45) is 0 Å². The van der Waals surface area contributed by atoms with E-state index in [1.807, 2.05) is 0 Å². The summed E-state index contributed by atoms with van der Waals surface area (Å²) in [5.74, 6) is -1.95. The summed E-state index contributed by atoms with van der Waals surface area (Å²) >= 11 is 0. The van der Waals surface area contributed by atoms with E-state index >= 15 is 0 Å². The van der Waals surface area contributed by atoms with Crippen molar-refractivity contribution in [2.75, 3.05) is 0 Å². The molecule has 3 nitrogen and oxygen atoms in total. The number of carboxylic acids is 1. The summed E-state index contributed by atoms with van der Waals surface area (Å²) in [7, 11) is 0. The first kappa shape index (κ1) is 10.9. The Morgan fingerprint density at radius 1 is 1.50 bits per heavy atom. The number of hydrogen-bond acceptors (Lipinski definition) is 2. The Morgan fingerprint density at radius 2 is 2.19 bits per heavy atom. The molecule has 1 aromatic heterocycles. The Bertz CT molecular complexity index is 442. The van der Waals surface area contributed by atoms with Gasteiger partial charge < -0.3 is 5.11 Å². The Kier molecular flexibility index (Phi) is 2.36. The van der Waals surface area contributed by atoms with Crippen LogP contribution in [0.5, 0.6) is 0 Å². The van der Waals surface area contributed by atoms with E-state index in [1.165, 1.54) is 0 Å². The second kappa shape index (κ2) is 3.47. The van der Waals surface area contributed by atoms with E-state index in [4.69, 9.17) is 5.11 Å². The number of halogens is 3. The molecule has 2 rings (SSSR count). The molecule has 1 heterocycles. The molecule has 0 fully saturated rings. The van der Waals surface area contributed by atoms with E-state index in [1.54, 1.807) is 0 Å². The van der Waals surface area contributed by atoms with Crippen LogP contribution in [0.15, 0.2) is 12.3 Å². The van der Waals surface area contributed by atoms with Crippen molar-refractivity contribution < 1.29 is 23.1 Å². The van der Waals surface area contributed by atoms with Crippen molar-refractivity contribution in [3.8, 4) is 0 Å². The van der Waals surface area contributed by atoms with Gasteiger partial charge in [-0.2, -0.15) is 13.2 Å². The van der Waals surface area contributed by atoms with Crippen LogP contribution in [0.25, 0.3) is 0 Å². The van der Waals surface area contributed by atoms with Crippen LogP contribution < -0.4 is 0 Å².